The molecule has 2 aromatic rings. The number of rotatable bonds is 3. The highest BCUT2D eigenvalue weighted by Gasteiger charge is 2.18. The quantitative estimate of drug-likeness (QED) is 0.593. The Morgan fingerprint density at radius 1 is 1.05 bits per heavy atom. The Morgan fingerprint density at radius 3 is 2.37 bits per heavy atom. The molecule has 5 heteroatoms. The molecule has 1 atom stereocenters. The standard InChI is InChI=1S/C14H9BrCl2F2/c15-14-8(3-1-6-13(14)19)11(17)7-9-10(16)4-2-5-12(9)18/h1-6,11H,7H2. The largest absolute Gasteiger partial charge is 0.207 e. The van der Waals surface area contributed by atoms with Crippen molar-refractivity contribution in [1.82, 2.24) is 0 Å². The highest BCUT2D eigenvalue weighted by Crippen LogP contribution is 2.34. The lowest BCUT2D eigenvalue weighted by Gasteiger charge is -2.14. The van der Waals surface area contributed by atoms with Crippen molar-refractivity contribution in [3.8, 4) is 0 Å². The van der Waals surface area contributed by atoms with Crippen molar-refractivity contribution in [2.24, 2.45) is 0 Å². The third-order valence-corrected chi connectivity index (χ3v) is 4.34. The minimum atomic E-state index is -0.570. The second-order valence-corrected chi connectivity index (χ2v) is 5.74. The second-order valence-electron chi connectivity index (χ2n) is 4.01. The number of hydrogen-bond acceptors (Lipinski definition) is 0. The van der Waals surface area contributed by atoms with Crippen LogP contribution in [0.2, 0.25) is 5.02 Å². The molecule has 0 saturated carbocycles. The number of hydrogen-bond donors (Lipinski definition) is 0. The van der Waals surface area contributed by atoms with Crippen LogP contribution < -0.4 is 0 Å². The van der Waals surface area contributed by atoms with E-state index in [1.54, 1.807) is 18.2 Å². The van der Waals surface area contributed by atoms with Gasteiger partial charge < -0.3 is 0 Å². The molecule has 1 unspecified atom stereocenters. The maximum atomic E-state index is 13.7. The van der Waals surface area contributed by atoms with Crippen LogP contribution in [-0.4, -0.2) is 0 Å². The van der Waals surface area contributed by atoms with Gasteiger partial charge in [-0.15, -0.1) is 11.6 Å². The lowest BCUT2D eigenvalue weighted by molar-refractivity contribution is 0.604. The van der Waals surface area contributed by atoms with Crippen LogP contribution in [0, 0.1) is 11.6 Å². The number of alkyl halides is 1. The minimum absolute atomic E-state index is 0.190. The molecule has 0 saturated heterocycles. The van der Waals surface area contributed by atoms with Gasteiger partial charge in [-0.1, -0.05) is 29.8 Å². The summed E-state index contributed by atoms with van der Waals surface area (Å²) in [5, 5.41) is -0.252. The zero-order chi connectivity index (χ0) is 14.0. The van der Waals surface area contributed by atoms with Gasteiger partial charge in [0.1, 0.15) is 11.6 Å². The fourth-order valence-electron chi connectivity index (χ4n) is 1.78. The molecule has 100 valence electrons. The first-order valence-corrected chi connectivity index (χ1v) is 7.12. The Bertz CT molecular complexity index is 582. The molecule has 2 aromatic carbocycles. The third-order valence-electron chi connectivity index (χ3n) is 2.76. The summed E-state index contributed by atoms with van der Waals surface area (Å²) in [6.07, 6.45) is 0.190. The Balaban J connectivity index is 2.31. The fraction of sp³-hybridized carbons (Fsp3) is 0.143. The number of halogens is 5. The summed E-state index contributed by atoms with van der Waals surface area (Å²) in [4.78, 5) is 0. The van der Waals surface area contributed by atoms with Gasteiger partial charge in [0, 0.05) is 10.6 Å². The van der Waals surface area contributed by atoms with Crippen LogP contribution in [0.5, 0.6) is 0 Å². The fourth-order valence-corrected chi connectivity index (χ4v) is 3.03. The van der Waals surface area contributed by atoms with Crippen molar-refractivity contribution < 1.29 is 8.78 Å². The average molecular weight is 366 g/mol. The van der Waals surface area contributed by atoms with Gasteiger partial charge in [0.2, 0.25) is 0 Å². The maximum absolute atomic E-state index is 13.7. The SMILES string of the molecule is Fc1cccc(C(Cl)Cc2c(F)cccc2Cl)c1Br. The molecule has 0 heterocycles. The van der Waals surface area contributed by atoms with Crippen molar-refractivity contribution in [3.05, 3.63) is 68.7 Å². The molecular weight excluding hydrogens is 357 g/mol. The van der Waals surface area contributed by atoms with Crippen LogP contribution in [0.15, 0.2) is 40.9 Å². The van der Waals surface area contributed by atoms with E-state index in [1.165, 1.54) is 18.2 Å². The average Bonchev–Trinajstić information content (AvgIpc) is 2.37. The molecule has 19 heavy (non-hydrogen) atoms. The minimum Gasteiger partial charge on any atom is -0.207 e. The van der Waals surface area contributed by atoms with Gasteiger partial charge >= 0.3 is 0 Å². The highest BCUT2D eigenvalue weighted by atomic mass is 79.9. The molecule has 0 aromatic heterocycles. The van der Waals surface area contributed by atoms with Gasteiger partial charge in [0.25, 0.3) is 0 Å². The molecule has 0 spiro atoms. The summed E-state index contributed by atoms with van der Waals surface area (Å²) in [5.74, 6) is -0.812. The van der Waals surface area contributed by atoms with E-state index in [0.717, 1.165) is 0 Å². The summed E-state index contributed by atoms with van der Waals surface area (Å²) in [6, 6.07) is 9.04. The summed E-state index contributed by atoms with van der Waals surface area (Å²) in [5.41, 5.74) is 0.904. The van der Waals surface area contributed by atoms with Crippen LogP contribution >= 0.6 is 39.1 Å². The Hall–Kier alpha value is -0.640. The molecule has 0 N–H and O–H groups in total. The summed E-state index contributed by atoms with van der Waals surface area (Å²) >= 11 is 15.3. The molecule has 0 aliphatic carbocycles. The van der Waals surface area contributed by atoms with E-state index in [4.69, 9.17) is 23.2 Å². The molecule has 0 amide bonds. The van der Waals surface area contributed by atoms with Crippen molar-refractivity contribution in [2.75, 3.05) is 0 Å². The smallest absolute Gasteiger partial charge is 0.137 e. The predicted octanol–water partition coefficient (Wildman–Crippen LogP) is 5.90. The van der Waals surface area contributed by atoms with E-state index >= 15 is 0 Å². The molecular formula is C14H9BrCl2F2. The Labute approximate surface area is 128 Å². The zero-order valence-electron chi connectivity index (χ0n) is 9.64. The van der Waals surface area contributed by atoms with Crippen LogP contribution in [0.1, 0.15) is 16.5 Å². The number of benzene rings is 2. The van der Waals surface area contributed by atoms with E-state index in [9.17, 15) is 8.78 Å². The molecule has 0 nitrogen and oxygen atoms in total. The normalized spacial score (nSPS) is 12.5. The van der Waals surface area contributed by atoms with Gasteiger partial charge in [-0.05, 0) is 46.1 Å². The van der Waals surface area contributed by atoms with Crippen LogP contribution in [0.3, 0.4) is 0 Å². The van der Waals surface area contributed by atoms with E-state index in [-0.39, 0.29) is 6.42 Å². The molecule has 0 bridgehead atoms. The lowest BCUT2D eigenvalue weighted by atomic mass is 10.0. The van der Waals surface area contributed by atoms with Crippen molar-refractivity contribution in [3.63, 3.8) is 0 Å². The molecule has 0 aliphatic rings. The van der Waals surface area contributed by atoms with Crippen LogP contribution in [0.25, 0.3) is 0 Å². The first-order chi connectivity index (χ1) is 9.00. The van der Waals surface area contributed by atoms with Crippen LogP contribution in [-0.2, 0) is 6.42 Å². The molecule has 2 rings (SSSR count). The van der Waals surface area contributed by atoms with E-state index < -0.39 is 17.0 Å². The van der Waals surface area contributed by atoms with E-state index in [0.29, 0.717) is 20.6 Å². The Morgan fingerprint density at radius 2 is 1.68 bits per heavy atom. The van der Waals surface area contributed by atoms with E-state index in [1.807, 2.05) is 0 Å². The second kappa shape index (κ2) is 6.21. The van der Waals surface area contributed by atoms with Crippen LogP contribution in [0.4, 0.5) is 8.78 Å². The first kappa shape index (κ1) is 14.8. The highest BCUT2D eigenvalue weighted by molar-refractivity contribution is 9.10. The summed E-state index contributed by atoms with van der Waals surface area (Å²) in [6.45, 7) is 0. The lowest BCUT2D eigenvalue weighted by Crippen LogP contribution is -2.01. The molecule has 0 radical (unpaired) electrons. The van der Waals surface area contributed by atoms with Crippen molar-refractivity contribution in [1.29, 1.82) is 0 Å². The monoisotopic (exact) mass is 364 g/mol. The van der Waals surface area contributed by atoms with Gasteiger partial charge in [-0.25, -0.2) is 8.78 Å². The summed E-state index contributed by atoms with van der Waals surface area (Å²) < 4.78 is 27.4. The van der Waals surface area contributed by atoms with Gasteiger partial charge in [-0.3, -0.25) is 0 Å². The zero-order valence-corrected chi connectivity index (χ0v) is 12.7. The van der Waals surface area contributed by atoms with E-state index in [2.05, 4.69) is 15.9 Å². The Kier molecular flexibility index (Phi) is 4.82. The molecule has 0 aliphatic heterocycles. The first-order valence-electron chi connectivity index (χ1n) is 5.51. The van der Waals surface area contributed by atoms with Crippen molar-refractivity contribution >= 4 is 39.1 Å². The predicted molar refractivity (Wildman–Crippen MR) is 77.8 cm³/mol. The summed E-state index contributed by atoms with van der Waals surface area (Å²) in [7, 11) is 0. The molecule has 0 fully saturated rings. The van der Waals surface area contributed by atoms with Gasteiger partial charge in [-0.2, -0.15) is 0 Å². The maximum Gasteiger partial charge on any atom is 0.137 e. The van der Waals surface area contributed by atoms with Gasteiger partial charge in [0.15, 0.2) is 0 Å². The van der Waals surface area contributed by atoms with Crippen molar-refractivity contribution in [2.45, 2.75) is 11.8 Å². The third kappa shape index (κ3) is 3.28. The van der Waals surface area contributed by atoms with Gasteiger partial charge in [0.05, 0.1) is 9.85 Å². The topological polar surface area (TPSA) is 0 Å².